The van der Waals surface area contributed by atoms with E-state index in [0.717, 1.165) is 34.9 Å². The SMILES string of the molecule is CCc1c(C)c2ccc(NC(=O)CCCc3ccccc3)cc2[nH]c1=O. The van der Waals surface area contributed by atoms with Gasteiger partial charge >= 0.3 is 0 Å². The number of aryl methyl sites for hydroxylation is 2. The summed E-state index contributed by atoms with van der Waals surface area (Å²) in [7, 11) is 0. The van der Waals surface area contributed by atoms with Crippen LogP contribution >= 0.6 is 0 Å². The first kappa shape index (κ1) is 17.9. The molecule has 134 valence electrons. The smallest absolute Gasteiger partial charge is 0.251 e. The number of anilines is 1. The number of carbonyl (C=O) groups excluding carboxylic acids is 1. The van der Waals surface area contributed by atoms with Crippen LogP contribution in [0, 0.1) is 6.92 Å². The Labute approximate surface area is 153 Å². The average Bonchev–Trinajstić information content (AvgIpc) is 2.62. The van der Waals surface area contributed by atoms with E-state index in [2.05, 4.69) is 22.4 Å². The maximum Gasteiger partial charge on any atom is 0.251 e. The molecule has 4 heteroatoms. The molecule has 0 aliphatic carbocycles. The van der Waals surface area contributed by atoms with Crippen LogP contribution in [0.4, 0.5) is 5.69 Å². The van der Waals surface area contributed by atoms with Gasteiger partial charge in [0.15, 0.2) is 0 Å². The Kier molecular flexibility index (Phi) is 5.52. The van der Waals surface area contributed by atoms with Gasteiger partial charge < -0.3 is 10.3 Å². The number of hydrogen-bond donors (Lipinski definition) is 2. The highest BCUT2D eigenvalue weighted by molar-refractivity contribution is 5.94. The van der Waals surface area contributed by atoms with E-state index in [1.807, 2.05) is 50.2 Å². The molecule has 2 aromatic carbocycles. The van der Waals surface area contributed by atoms with Crippen molar-refractivity contribution in [1.82, 2.24) is 4.98 Å². The molecular weight excluding hydrogens is 324 g/mol. The number of pyridine rings is 1. The molecule has 0 saturated carbocycles. The Morgan fingerprint density at radius 1 is 1.12 bits per heavy atom. The minimum absolute atomic E-state index is 0.00970. The van der Waals surface area contributed by atoms with Crippen LogP contribution in [-0.2, 0) is 17.6 Å². The minimum atomic E-state index is -0.0520. The van der Waals surface area contributed by atoms with Crippen molar-refractivity contribution in [3.05, 3.63) is 75.6 Å². The lowest BCUT2D eigenvalue weighted by Gasteiger charge is -2.10. The van der Waals surface area contributed by atoms with Gasteiger partial charge in [0, 0.05) is 23.1 Å². The standard InChI is InChI=1S/C22H24N2O2/c1-3-18-15(2)19-13-12-17(14-20(19)24-22(18)26)23-21(25)11-7-10-16-8-5-4-6-9-16/h4-6,8-9,12-14H,3,7,10-11H2,1-2H3,(H,23,25)(H,24,26). The summed E-state index contributed by atoms with van der Waals surface area (Å²) in [5.74, 6) is -0.00970. The van der Waals surface area contributed by atoms with E-state index in [1.54, 1.807) is 0 Å². The van der Waals surface area contributed by atoms with Crippen molar-refractivity contribution < 1.29 is 4.79 Å². The van der Waals surface area contributed by atoms with Crippen LogP contribution in [0.5, 0.6) is 0 Å². The predicted octanol–water partition coefficient (Wildman–Crippen LogP) is 4.36. The quantitative estimate of drug-likeness (QED) is 0.695. The molecule has 3 rings (SSSR count). The number of H-pyrrole nitrogens is 1. The number of rotatable bonds is 6. The molecule has 1 aromatic heterocycles. The first-order chi connectivity index (χ1) is 12.6. The fourth-order valence-corrected chi connectivity index (χ4v) is 3.33. The van der Waals surface area contributed by atoms with Gasteiger partial charge in [-0.2, -0.15) is 0 Å². The summed E-state index contributed by atoms with van der Waals surface area (Å²) in [6.45, 7) is 3.95. The maximum absolute atomic E-state index is 12.2. The third-order valence-electron chi connectivity index (χ3n) is 4.75. The molecule has 0 aliphatic rings. The van der Waals surface area contributed by atoms with Crippen LogP contribution in [0.2, 0.25) is 0 Å². The van der Waals surface area contributed by atoms with E-state index < -0.39 is 0 Å². The Morgan fingerprint density at radius 3 is 2.62 bits per heavy atom. The van der Waals surface area contributed by atoms with E-state index in [4.69, 9.17) is 0 Å². The second-order valence-corrected chi connectivity index (χ2v) is 6.56. The van der Waals surface area contributed by atoms with Crippen LogP contribution in [0.25, 0.3) is 10.9 Å². The van der Waals surface area contributed by atoms with Crippen molar-refractivity contribution in [3.63, 3.8) is 0 Å². The fraction of sp³-hybridized carbons (Fsp3) is 0.273. The Hall–Kier alpha value is -2.88. The highest BCUT2D eigenvalue weighted by Gasteiger charge is 2.09. The van der Waals surface area contributed by atoms with Crippen LogP contribution in [-0.4, -0.2) is 10.9 Å². The predicted molar refractivity (Wildman–Crippen MR) is 107 cm³/mol. The van der Waals surface area contributed by atoms with Crippen molar-refractivity contribution in [3.8, 4) is 0 Å². The monoisotopic (exact) mass is 348 g/mol. The van der Waals surface area contributed by atoms with E-state index >= 15 is 0 Å². The minimum Gasteiger partial charge on any atom is -0.326 e. The Morgan fingerprint density at radius 2 is 1.88 bits per heavy atom. The summed E-state index contributed by atoms with van der Waals surface area (Å²) < 4.78 is 0. The lowest BCUT2D eigenvalue weighted by atomic mass is 10.0. The van der Waals surface area contributed by atoms with E-state index in [1.165, 1.54) is 5.56 Å². The summed E-state index contributed by atoms with van der Waals surface area (Å²) in [5.41, 5.74) is 4.48. The van der Waals surface area contributed by atoms with Crippen LogP contribution in [0.15, 0.2) is 53.3 Å². The number of fused-ring (bicyclic) bond motifs is 1. The summed E-state index contributed by atoms with van der Waals surface area (Å²) in [6, 6.07) is 15.8. The van der Waals surface area contributed by atoms with Gasteiger partial charge in [0.25, 0.3) is 5.56 Å². The highest BCUT2D eigenvalue weighted by atomic mass is 16.1. The molecule has 0 spiro atoms. The second kappa shape index (κ2) is 8.00. The zero-order valence-electron chi connectivity index (χ0n) is 15.3. The number of amides is 1. The molecule has 0 atom stereocenters. The van der Waals surface area contributed by atoms with Gasteiger partial charge in [-0.25, -0.2) is 0 Å². The van der Waals surface area contributed by atoms with Gasteiger partial charge in [-0.3, -0.25) is 9.59 Å². The number of aromatic nitrogens is 1. The zero-order valence-corrected chi connectivity index (χ0v) is 15.3. The molecule has 26 heavy (non-hydrogen) atoms. The molecule has 4 nitrogen and oxygen atoms in total. The van der Waals surface area contributed by atoms with Crippen LogP contribution < -0.4 is 10.9 Å². The largest absolute Gasteiger partial charge is 0.326 e. The van der Waals surface area contributed by atoms with Crippen molar-refractivity contribution >= 4 is 22.5 Å². The van der Waals surface area contributed by atoms with E-state index in [-0.39, 0.29) is 11.5 Å². The van der Waals surface area contributed by atoms with Crippen molar-refractivity contribution in [2.24, 2.45) is 0 Å². The summed E-state index contributed by atoms with van der Waals surface area (Å²) in [5, 5.41) is 3.94. The van der Waals surface area contributed by atoms with E-state index in [0.29, 0.717) is 18.5 Å². The molecule has 3 aromatic rings. The maximum atomic E-state index is 12.2. The number of nitrogens with one attached hydrogen (secondary N) is 2. The first-order valence-corrected chi connectivity index (χ1v) is 9.07. The average molecular weight is 348 g/mol. The number of carbonyl (C=O) groups is 1. The van der Waals surface area contributed by atoms with Crippen LogP contribution in [0.1, 0.15) is 36.5 Å². The number of aromatic amines is 1. The first-order valence-electron chi connectivity index (χ1n) is 9.07. The Bertz CT molecular complexity index is 975. The molecule has 0 fully saturated rings. The summed E-state index contributed by atoms with van der Waals surface area (Å²) in [4.78, 5) is 27.3. The van der Waals surface area contributed by atoms with Gasteiger partial charge in [0.1, 0.15) is 0 Å². The summed E-state index contributed by atoms with van der Waals surface area (Å²) >= 11 is 0. The lowest BCUT2D eigenvalue weighted by Crippen LogP contribution is -2.15. The van der Waals surface area contributed by atoms with Gasteiger partial charge in [-0.1, -0.05) is 43.3 Å². The number of benzene rings is 2. The zero-order chi connectivity index (χ0) is 18.5. The molecule has 1 heterocycles. The third-order valence-corrected chi connectivity index (χ3v) is 4.75. The molecule has 1 amide bonds. The molecule has 0 aliphatic heterocycles. The van der Waals surface area contributed by atoms with Crippen molar-refractivity contribution in [1.29, 1.82) is 0 Å². The van der Waals surface area contributed by atoms with Gasteiger partial charge in [0.2, 0.25) is 5.91 Å². The van der Waals surface area contributed by atoms with Gasteiger partial charge in [-0.05, 0) is 49.4 Å². The molecule has 0 radical (unpaired) electrons. The second-order valence-electron chi connectivity index (χ2n) is 6.56. The molecular formula is C22H24N2O2. The topological polar surface area (TPSA) is 62.0 Å². The van der Waals surface area contributed by atoms with E-state index in [9.17, 15) is 9.59 Å². The Balaban J connectivity index is 1.67. The molecule has 0 unspecified atom stereocenters. The lowest BCUT2D eigenvalue weighted by molar-refractivity contribution is -0.116. The van der Waals surface area contributed by atoms with Crippen molar-refractivity contribution in [2.75, 3.05) is 5.32 Å². The fourth-order valence-electron chi connectivity index (χ4n) is 3.33. The third kappa shape index (κ3) is 4.02. The molecule has 2 N–H and O–H groups in total. The molecule has 0 bridgehead atoms. The normalized spacial score (nSPS) is 10.8. The number of hydrogen-bond acceptors (Lipinski definition) is 2. The summed E-state index contributed by atoms with van der Waals surface area (Å²) in [6.07, 6.45) is 2.87. The van der Waals surface area contributed by atoms with Gasteiger partial charge in [0.05, 0.1) is 5.52 Å². The van der Waals surface area contributed by atoms with Gasteiger partial charge in [-0.15, -0.1) is 0 Å². The molecule has 0 saturated heterocycles. The van der Waals surface area contributed by atoms with Crippen LogP contribution in [0.3, 0.4) is 0 Å². The van der Waals surface area contributed by atoms with Crippen molar-refractivity contribution in [2.45, 2.75) is 39.5 Å². The highest BCUT2D eigenvalue weighted by Crippen LogP contribution is 2.21.